The lowest BCUT2D eigenvalue weighted by Crippen LogP contribution is -2.46. The van der Waals surface area contributed by atoms with Gasteiger partial charge in [0.1, 0.15) is 12.6 Å². The Morgan fingerprint density at radius 3 is 2.17 bits per heavy atom. The number of carbonyl (C=O) groups is 2. The lowest BCUT2D eigenvalue weighted by molar-refractivity contribution is -0.143. The van der Waals surface area contributed by atoms with E-state index < -0.39 is 34.6 Å². The van der Waals surface area contributed by atoms with Crippen LogP contribution in [0.2, 0.25) is 0 Å². The fourth-order valence-corrected chi connectivity index (χ4v) is 2.54. The number of methoxy groups -OCH3 is 1. The molecule has 1 amide bonds. The zero-order chi connectivity index (χ0) is 17.8. The largest absolute Gasteiger partial charge is 0.467 e. The molecule has 0 aliphatic rings. The second kappa shape index (κ2) is 7.56. The van der Waals surface area contributed by atoms with Crippen LogP contribution in [0.15, 0.2) is 18.2 Å². The Morgan fingerprint density at radius 1 is 1.22 bits per heavy atom. The molecule has 1 aromatic carbocycles. The van der Waals surface area contributed by atoms with Crippen molar-refractivity contribution in [3.05, 3.63) is 29.3 Å². The minimum atomic E-state index is -3.77. The normalized spacial score (nSPS) is 12.6. The smallest absolute Gasteiger partial charge is 0.328 e. The highest BCUT2D eigenvalue weighted by molar-refractivity contribution is 7.86. The topological polar surface area (TPSA) is 90.0 Å². The number of esters is 1. The summed E-state index contributed by atoms with van der Waals surface area (Å²) in [5.41, 5.74) is 2.08. The molecule has 0 saturated heterocycles. The predicted molar refractivity (Wildman–Crippen MR) is 85.7 cm³/mol. The van der Waals surface area contributed by atoms with Crippen LogP contribution in [-0.2, 0) is 28.6 Å². The van der Waals surface area contributed by atoms with Gasteiger partial charge in [-0.05, 0) is 31.9 Å². The quantitative estimate of drug-likeness (QED) is 0.569. The molecule has 0 aromatic heterocycles. The van der Waals surface area contributed by atoms with E-state index in [1.54, 1.807) is 26.0 Å². The Morgan fingerprint density at radius 2 is 1.74 bits per heavy atom. The molecule has 1 aromatic rings. The summed E-state index contributed by atoms with van der Waals surface area (Å²) in [6.45, 7) is 4.41. The van der Waals surface area contributed by atoms with Gasteiger partial charge in [-0.1, -0.05) is 18.2 Å². The lowest BCUT2D eigenvalue weighted by Gasteiger charge is -2.30. The highest BCUT2D eigenvalue weighted by Crippen LogP contribution is 2.27. The van der Waals surface area contributed by atoms with Crippen molar-refractivity contribution in [2.45, 2.75) is 26.8 Å². The minimum Gasteiger partial charge on any atom is -0.467 e. The van der Waals surface area contributed by atoms with E-state index in [1.807, 2.05) is 6.07 Å². The van der Waals surface area contributed by atoms with Crippen molar-refractivity contribution < 1.29 is 26.9 Å². The van der Waals surface area contributed by atoms with Gasteiger partial charge in [0, 0.05) is 0 Å². The molecule has 23 heavy (non-hydrogen) atoms. The van der Waals surface area contributed by atoms with E-state index in [4.69, 9.17) is 4.74 Å². The third-order valence-electron chi connectivity index (χ3n) is 3.28. The van der Waals surface area contributed by atoms with Crippen LogP contribution in [0.3, 0.4) is 0 Å². The lowest BCUT2D eigenvalue weighted by atomic mass is 10.1. The fraction of sp³-hybridized carbons (Fsp3) is 0.467. The van der Waals surface area contributed by atoms with Crippen molar-refractivity contribution in [2.24, 2.45) is 0 Å². The summed E-state index contributed by atoms with van der Waals surface area (Å²) in [6.07, 6.45) is 0.855. The zero-order valence-corrected chi connectivity index (χ0v) is 14.6. The van der Waals surface area contributed by atoms with Gasteiger partial charge in [0.2, 0.25) is 0 Å². The number of benzene rings is 1. The molecule has 0 spiro atoms. The molecule has 0 aliphatic carbocycles. The molecule has 0 saturated carbocycles. The van der Waals surface area contributed by atoms with E-state index >= 15 is 0 Å². The molecule has 1 unspecified atom stereocenters. The van der Waals surface area contributed by atoms with Crippen molar-refractivity contribution in [2.75, 3.05) is 24.9 Å². The molecule has 0 fully saturated rings. The number of hydrogen-bond acceptors (Lipinski definition) is 6. The summed E-state index contributed by atoms with van der Waals surface area (Å²) in [5, 5.41) is 0. The average molecular weight is 343 g/mol. The summed E-state index contributed by atoms with van der Waals surface area (Å²) in [7, 11) is -2.55. The number of para-hydroxylation sites is 1. The van der Waals surface area contributed by atoms with Crippen LogP contribution in [0.5, 0.6) is 0 Å². The SMILES string of the molecule is COC(=O)C(C)N(C(=O)COS(C)(=O)=O)c1c(C)cccc1C. The van der Waals surface area contributed by atoms with Crippen LogP contribution in [0.1, 0.15) is 18.1 Å². The van der Waals surface area contributed by atoms with Crippen LogP contribution in [0.4, 0.5) is 5.69 Å². The molecule has 1 atom stereocenters. The van der Waals surface area contributed by atoms with Crippen molar-refractivity contribution in [1.29, 1.82) is 0 Å². The molecule has 8 heteroatoms. The maximum absolute atomic E-state index is 12.5. The van der Waals surface area contributed by atoms with Gasteiger partial charge in [-0.3, -0.25) is 13.9 Å². The fourth-order valence-electron chi connectivity index (χ4n) is 2.22. The Hall–Kier alpha value is -1.93. The summed E-state index contributed by atoms with van der Waals surface area (Å²) in [5.74, 6) is -1.26. The number of anilines is 1. The van der Waals surface area contributed by atoms with Gasteiger partial charge in [0.25, 0.3) is 16.0 Å². The number of carbonyl (C=O) groups excluding carboxylic acids is 2. The second-order valence-electron chi connectivity index (χ2n) is 5.17. The first-order chi connectivity index (χ1) is 10.6. The van der Waals surface area contributed by atoms with Crippen LogP contribution in [0.25, 0.3) is 0 Å². The molecule has 1 rings (SSSR count). The number of nitrogens with zero attached hydrogens (tertiary/aromatic N) is 1. The second-order valence-corrected chi connectivity index (χ2v) is 6.81. The van der Waals surface area contributed by atoms with Crippen LogP contribution in [-0.4, -0.2) is 46.3 Å². The number of aryl methyl sites for hydroxylation is 2. The standard InChI is InChI=1S/C15H21NO6S/c1-10-7-6-8-11(2)14(10)16(12(3)15(18)21-4)13(17)9-22-23(5,19)20/h6-8,12H,9H2,1-5H3. The molecule has 0 bridgehead atoms. The minimum absolute atomic E-state index is 0.535. The Balaban J connectivity index is 3.27. The predicted octanol–water partition coefficient (Wildman–Crippen LogP) is 1.17. The number of amides is 1. The Labute approximate surface area is 136 Å². The van der Waals surface area contributed by atoms with E-state index in [9.17, 15) is 18.0 Å². The number of hydrogen-bond donors (Lipinski definition) is 0. The van der Waals surface area contributed by atoms with Crippen molar-refractivity contribution in [3.8, 4) is 0 Å². The van der Waals surface area contributed by atoms with E-state index in [0.29, 0.717) is 5.69 Å². The van der Waals surface area contributed by atoms with Crippen molar-refractivity contribution in [3.63, 3.8) is 0 Å². The third-order valence-corrected chi connectivity index (χ3v) is 3.82. The van der Waals surface area contributed by atoms with E-state index in [0.717, 1.165) is 17.4 Å². The van der Waals surface area contributed by atoms with Crippen molar-refractivity contribution >= 4 is 27.7 Å². The molecule has 128 valence electrons. The highest BCUT2D eigenvalue weighted by atomic mass is 32.2. The summed E-state index contributed by atoms with van der Waals surface area (Å²) in [6, 6.07) is 4.50. The maximum Gasteiger partial charge on any atom is 0.328 e. The Kier molecular flexibility index (Phi) is 6.28. The number of rotatable bonds is 6. The molecular formula is C15H21NO6S. The first kappa shape index (κ1) is 19.1. The molecular weight excluding hydrogens is 322 g/mol. The van der Waals surface area contributed by atoms with Crippen LogP contribution >= 0.6 is 0 Å². The summed E-state index contributed by atoms with van der Waals surface area (Å²) in [4.78, 5) is 25.6. The van der Waals surface area contributed by atoms with Crippen LogP contribution < -0.4 is 4.90 Å². The molecule has 7 nitrogen and oxygen atoms in total. The third kappa shape index (κ3) is 5.04. The zero-order valence-electron chi connectivity index (χ0n) is 13.8. The Bertz CT molecular complexity index is 678. The maximum atomic E-state index is 12.5. The number of ether oxygens (including phenoxy) is 1. The van der Waals surface area contributed by atoms with Crippen molar-refractivity contribution in [1.82, 2.24) is 0 Å². The van der Waals surface area contributed by atoms with Gasteiger partial charge < -0.3 is 4.74 Å². The van der Waals surface area contributed by atoms with Gasteiger partial charge in [-0.15, -0.1) is 0 Å². The molecule has 0 heterocycles. The van der Waals surface area contributed by atoms with Gasteiger partial charge in [-0.2, -0.15) is 8.42 Å². The highest BCUT2D eigenvalue weighted by Gasteiger charge is 2.30. The van der Waals surface area contributed by atoms with E-state index in [2.05, 4.69) is 4.18 Å². The van der Waals surface area contributed by atoms with Gasteiger partial charge in [0.05, 0.1) is 19.1 Å². The van der Waals surface area contributed by atoms with Crippen LogP contribution in [0, 0.1) is 13.8 Å². The first-order valence-electron chi connectivity index (χ1n) is 6.89. The summed E-state index contributed by atoms with van der Waals surface area (Å²) >= 11 is 0. The monoisotopic (exact) mass is 343 g/mol. The van der Waals surface area contributed by atoms with E-state index in [-0.39, 0.29) is 0 Å². The van der Waals surface area contributed by atoms with Gasteiger partial charge >= 0.3 is 5.97 Å². The molecule has 0 N–H and O–H groups in total. The molecule has 0 aliphatic heterocycles. The average Bonchev–Trinajstić information content (AvgIpc) is 2.46. The first-order valence-corrected chi connectivity index (χ1v) is 8.70. The van der Waals surface area contributed by atoms with Gasteiger partial charge in [-0.25, -0.2) is 4.79 Å². The molecule has 0 radical (unpaired) electrons. The van der Waals surface area contributed by atoms with Gasteiger partial charge in [0.15, 0.2) is 0 Å². The van der Waals surface area contributed by atoms with E-state index in [1.165, 1.54) is 18.9 Å². The summed E-state index contributed by atoms with van der Waals surface area (Å²) < 4.78 is 31.5.